The van der Waals surface area contributed by atoms with E-state index in [-0.39, 0.29) is 24.7 Å². The molecule has 2 aliphatic heterocycles. The fourth-order valence-corrected chi connectivity index (χ4v) is 2.71. The molecule has 2 atom stereocenters. The highest BCUT2D eigenvalue weighted by Gasteiger charge is 2.41. The first-order valence-electron chi connectivity index (χ1n) is 6.22. The first kappa shape index (κ1) is 11.6. The van der Waals surface area contributed by atoms with Crippen LogP contribution in [0.2, 0.25) is 0 Å². The Bertz CT molecular complexity index is 437. The Morgan fingerprint density at radius 2 is 2.17 bits per heavy atom. The summed E-state index contributed by atoms with van der Waals surface area (Å²) in [6, 6.07) is 4.25. The lowest BCUT2D eigenvalue weighted by molar-refractivity contribution is -0.150. The second-order valence-corrected chi connectivity index (χ2v) is 4.97. The van der Waals surface area contributed by atoms with Crippen LogP contribution in [0, 0.1) is 0 Å². The average molecular weight is 247 g/mol. The molecule has 18 heavy (non-hydrogen) atoms. The van der Waals surface area contributed by atoms with Crippen LogP contribution in [-0.4, -0.2) is 59.6 Å². The van der Waals surface area contributed by atoms with Crippen molar-refractivity contribution in [1.82, 2.24) is 14.8 Å². The molecule has 2 fully saturated rings. The zero-order valence-corrected chi connectivity index (χ0v) is 10.5. The number of rotatable bonds is 2. The molecule has 2 saturated heterocycles. The number of morpholine rings is 1. The number of carbonyl (C=O) groups is 1. The number of ether oxygens (including phenoxy) is 1. The Balaban J connectivity index is 1.66. The van der Waals surface area contributed by atoms with E-state index in [2.05, 4.69) is 9.88 Å². The molecule has 0 bridgehead atoms. The first-order chi connectivity index (χ1) is 8.74. The summed E-state index contributed by atoms with van der Waals surface area (Å²) in [5.74, 6) is 0.0852. The maximum absolute atomic E-state index is 11.6. The van der Waals surface area contributed by atoms with Crippen molar-refractivity contribution in [1.29, 1.82) is 0 Å². The van der Waals surface area contributed by atoms with E-state index in [4.69, 9.17) is 4.74 Å². The van der Waals surface area contributed by atoms with Gasteiger partial charge in [-0.25, -0.2) is 0 Å². The lowest BCUT2D eigenvalue weighted by atomic mass is 10.1. The molecule has 0 N–H and O–H groups in total. The van der Waals surface area contributed by atoms with Crippen molar-refractivity contribution in [3.8, 4) is 0 Å². The lowest BCUT2D eigenvalue weighted by Gasteiger charge is -2.33. The van der Waals surface area contributed by atoms with E-state index in [1.54, 1.807) is 0 Å². The van der Waals surface area contributed by atoms with Gasteiger partial charge in [-0.3, -0.25) is 14.7 Å². The topological polar surface area (TPSA) is 45.7 Å². The molecule has 0 aliphatic carbocycles. The van der Waals surface area contributed by atoms with Crippen LogP contribution < -0.4 is 0 Å². The van der Waals surface area contributed by atoms with Crippen molar-refractivity contribution in [2.24, 2.45) is 0 Å². The molecular weight excluding hydrogens is 230 g/mol. The lowest BCUT2D eigenvalue weighted by Crippen LogP contribution is -2.51. The fraction of sp³-hybridized carbons (Fsp3) is 0.538. The Hall–Kier alpha value is -1.46. The van der Waals surface area contributed by atoms with Gasteiger partial charge in [-0.2, -0.15) is 0 Å². The number of nitrogens with zero attached hydrogens (tertiary/aromatic N) is 3. The molecule has 1 aromatic rings. The third-order valence-corrected chi connectivity index (χ3v) is 3.78. The Kier molecular flexibility index (Phi) is 3.01. The van der Waals surface area contributed by atoms with Crippen molar-refractivity contribution >= 4 is 5.91 Å². The number of amides is 1. The van der Waals surface area contributed by atoms with E-state index in [9.17, 15) is 4.79 Å². The van der Waals surface area contributed by atoms with Crippen molar-refractivity contribution in [2.75, 3.05) is 26.7 Å². The van der Waals surface area contributed by atoms with Crippen LogP contribution in [0.3, 0.4) is 0 Å². The summed E-state index contributed by atoms with van der Waals surface area (Å²) in [6.07, 6.45) is 3.78. The van der Waals surface area contributed by atoms with Gasteiger partial charge in [0.25, 0.3) is 0 Å². The summed E-state index contributed by atoms with van der Waals surface area (Å²) in [5.41, 5.74) is 1.25. The van der Waals surface area contributed by atoms with E-state index in [0.29, 0.717) is 0 Å². The maximum Gasteiger partial charge on any atom is 0.248 e. The van der Waals surface area contributed by atoms with Crippen LogP contribution in [0.5, 0.6) is 0 Å². The molecule has 1 aromatic heterocycles. The van der Waals surface area contributed by atoms with Crippen LogP contribution >= 0.6 is 0 Å². The highest BCUT2D eigenvalue weighted by molar-refractivity contribution is 5.78. The second-order valence-electron chi connectivity index (χ2n) is 4.97. The van der Waals surface area contributed by atoms with Gasteiger partial charge < -0.3 is 9.64 Å². The number of hydrogen-bond donors (Lipinski definition) is 0. The molecule has 0 spiro atoms. The Labute approximate surface area is 106 Å². The normalized spacial score (nSPS) is 28.5. The molecule has 0 unspecified atom stereocenters. The van der Waals surface area contributed by atoms with E-state index in [1.807, 2.05) is 36.5 Å². The third kappa shape index (κ3) is 2.11. The molecule has 0 aromatic carbocycles. The number of aromatic nitrogens is 1. The summed E-state index contributed by atoms with van der Waals surface area (Å²) >= 11 is 0. The van der Waals surface area contributed by atoms with Crippen molar-refractivity contribution in [2.45, 2.75) is 18.7 Å². The molecule has 0 radical (unpaired) electrons. The molecule has 3 heterocycles. The predicted octanol–water partition coefficient (Wildman–Crippen LogP) is 0.123. The van der Waals surface area contributed by atoms with E-state index < -0.39 is 0 Å². The van der Waals surface area contributed by atoms with Gasteiger partial charge >= 0.3 is 0 Å². The molecule has 1 amide bonds. The largest absolute Gasteiger partial charge is 0.365 e. The van der Waals surface area contributed by atoms with Crippen molar-refractivity contribution < 1.29 is 9.53 Å². The third-order valence-electron chi connectivity index (χ3n) is 3.78. The van der Waals surface area contributed by atoms with Gasteiger partial charge in [0.2, 0.25) is 5.91 Å². The second kappa shape index (κ2) is 4.66. The Morgan fingerprint density at radius 1 is 1.39 bits per heavy atom. The quantitative estimate of drug-likeness (QED) is 0.745. The monoisotopic (exact) mass is 247 g/mol. The van der Waals surface area contributed by atoms with E-state index in [0.717, 1.165) is 19.6 Å². The summed E-state index contributed by atoms with van der Waals surface area (Å²) < 4.78 is 5.61. The van der Waals surface area contributed by atoms with Crippen molar-refractivity contribution in [3.05, 3.63) is 30.1 Å². The standard InChI is InChI=1S/C13H17N3O2/c1-15-11-7-16(6-10-2-4-14-5-3-10)8-12(11)18-9-13(15)17/h2-5,11-12H,6-9H2,1H3/t11-,12+/m1/s1. The zero-order chi connectivity index (χ0) is 12.5. The molecule has 96 valence electrons. The highest BCUT2D eigenvalue weighted by Crippen LogP contribution is 2.23. The zero-order valence-electron chi connectivity index (χ0n) is 10.5. The summed E-state index contributed by atoms with van der Waals surface area (Å²) in [7, 11) is 1.87. The van der Waals surface area contributed by atoms with Gasteiger partial charge in [0, 0.05) is 39.1 Å². The summed E-state index contributed by atoms with van der Waals surface area (Å²) in [5, 5.41) is 0. The van der Waals surface area contributed by atoms with Crippen LogP contribution in [0.4, 0.5) is 0 Å². The van der Waals surface area contributed by atoms with Gasteiger partial charge in [-0.05, 0) is 17.7 Å². The van der Waals surface area contributed by atoms with Crippen LogP contribution in [-0.2, 0) is 16.1 Å². The predicted molar refractivity (Wildman–Crippen MR) is 65.8 cm³/mol. The minimum atomic E-state index is 0.0852. The van der Waals surface area contributed by atoms with Crippen molar-refractivity contribution in [3.63, 3.8) is 0 Å². The number of fused-ring (bicyclic) bond motifs is 1. The number of likely N-dealkylation sites (tertiary alicyclic amines) is 1. The van der Waals surface area contributed by atoms with Gasteiger partial charge in [-0.15, -0.1) is 0 Å². The van der Waals surface area contributed by atoms with Crippen LogP contribution in [0.1, 0.15) is 5.56 Å². The van der Waals surface area contributed by atoms with Gasteiger partial charge in [0.15, 0.2) is 0 Å². The molecule has 3 rings (SSSR count). The fourth-order valence-electron chi connectivity index (χ4n) is 2.71. The summed E-state index contributed by atoms with van der Waals surface area (Å²) in [6.45, 7) is 2.89. The van der Waals surface area contributed by atoms with Crippen LogP contribution in [0.25, 0.3) is 0 Å². The van der Waals surface area contributed by atoms with E-state index >= 15 is 0 Å². The van der Waals surface area contributed by atoms with Gasteiger partial charge in [0.05, 0.1) is 12.1 Å². The average Bonchev–Trinajstić information content (AvgIpc) is 2.79. The number of likely N-dealkylation sites (N-methyl/N-ethyl adjacent to an activating group) is 1. The first-order valence-corrected chi connectivity index (χ1v) is 6.22. The molecular formula is C13H17N3O2. The number of hydrogen-bond acceptors (Lipinski definition) is 4. The SMILES string of the molecule is CN1C(=O)CO[C@H]2CN(Cc3ccncc3)C[C@H]21. The minimum absolute atomic E-state index is 0.0852. The van der Waals surface area contributed by atoms with Crippen LogP contribution in [0.15, 0.2) is 24.5 Å². The van der Waals surface area contributed by atoms with E-state index in [1.165, 1.54) is 5.56 Å². The molecule has 5 nitrogen and oxygen atoms in total. The van der Waals surface area contributed by atoms with Gasteiger partial charge in [0.1, 0.15) is 6.61 Å². The molecule has 5 heteroatoms. The number of pyridine rings is 1. The molecule has 2 aliphatic rings. The smallest absolute Gasteiger partial charge is 0.248 e. The highest BCUT2D eigenvalue weighted by atomic mass is 16.5. The van der Waals surface area contributed by atoms with Gasteiger partial charge in [-0.1, -0.05) is 0 Å². The summed E-state index contributed by atoms with van der Waals surface area (Å²) in [4.78, 5) is 19.8. The minimum Gasteiger partial charge on any atom is -0.365 e. The number of carbonyl (C=O) groups excluding carboxylic acids is 1. The molecule has 0 saturated carbocycles. The maximum atomic E-state index is 11.6. The Morgan fingerprint density at radius 3 is 2.94 bits per heavy atom.